The van der Waals surface area contributed by atoms with Gasteiger partial charge in [-0.1, -0.05) is 30.3 Å². The van der Waals surface area contributed by atoms with E-state index in [-0.39, 0.29) is 5.78 Å². The smallest absolute Gasteiger partial charge is 0.177 e. The molecule has 0 unspecified atom stereocenters. The fourth-order valence-electron chi connectivity index (χ4n) is 1.94. The number of ketones is 1. The highest BCUT2D eigenvalue weighted by atomic mass is 32.1. The summed E-state index contributed by atoms with van der Waals surface area (Å²) in [5.41, 5.74) is 1.88. The number of carbonyl (C=O) groups excluding carboxylic acids is 1. The molecule has 2 aromatic rings. The second-order valence-electron chi connectivity index (χ2n) is 4.49. The van der Waals surface area contributed by atoms with Gasteiger partial charge in [0, 0.05) is 17.0 Å². The van der Waals surface area contributed by atoms with Crippen LogP contribution < -0.4 is 0 Å². The van der Waals surface area contributed by atoms with Gasteiger partial charge >= 0.3 is 0 Å². The highest BCUT2D eigenvalue weighted by molar-refractivity contribution is 7.09. The van der Waals surface area contributed by atoms with Crippen LogP contribution in [0.5, 0.6) is 0 Å². The van der Waals surface area contributed by atoms with Gasteiger partial charge in [-0.2, -0.15) is 0 Å². The van der Waals surface area contributed by atoms with E-state index in [9.17, 15) is 4.79 Å². The van der Waals surface area contributed by atoms with Crippen molar-refractivity contribution in [1.29, 1.82) is 0 Å². The van der Waals surface area contributed by atoms with Crippen LogP contribution in [0.15, 0.2) is 41.8 Å². The van der Waals surface area contributed by atoms with Crippen molar-refractivity contribution in [2.75, 3.05) is 13.6 Å². The van der Waals surface area contributed by atoms with Crippen molar-refractivity contribution in [1.82, 2.24) is 4.90 Å². The van der Waals surface area contributed by atoms with Gasteiger partial charge in [-0.05, 0) is 31.0 Å². The van der Waals surface area contributed by atoms with Crippen molar-refractivity contribution in [3.05, 3.63) is 57.8 Å². The molecule has 2 rings (SSSR count). The summed E-state index contributed by atoms with van der Waals surface area (Å²) in [5, 5.41) is 2.06. The van der Waals surface area contributed by atoms with Crippen LogP contribution in [0.1, 0.15) is 20.8 Å². The Morgan fingerprint density at radius 1 is 1.22 bits per heavy atom. The number of carbonyl (C=O) groups is 1. The van der Waals surface area contributed by atoms with Gasteiger partial charge in [-0.25, -0.2) is 0 Å². The Morgan fingerprint density at radius 2 is 2.00 bits per heavy atom. The summed E-state index contributed by atoms with van der Waals surface area (Å²) in [5.74, 6) is 0.187. The summed E-state index contributed by atoms with van der Waals surface area (Å²) < 4.78 is 0. The molecule has 0 N–H and O–H groups in total. The van der Waals surface area contributed by atoms with Gasteiger partial charge in [0.1, 0.15) is 0 Å². The molecule has 0 saturated heterocycles. The third-order valence-corrected chi connectivity index (χ3v) is 3.73. The molecule has 1 aromatic heterocycles. The first-order valence-corrected chi connectivity index (χ1v) is 6.84. The van der Waals surface area contributed by atoms with Crippen LogP contribution in [0.3, 0.4) is 0 Å². The fourth-order valence-corrected chi connectivity index (χ4v) is 2.72. The number of nitrogens with zero attached hydrogens (tertiary/aromatic N) is 1. The molecule has 0 atom stereocenters. The van der Waals surface area contributed by atoms with Crippen molar-refractivity contribution in [3.63, 3.8) is 0 Å². The Bertz CT molecular complexity index is 519. The second kappa shape index (κ2) is 5.94. The molecule has 0 amide bonds. The van der Waals surface area contributed by atoms with Crippen molar-refractivity contribution < 1.29 is 4.79 Å². The van der Waals surface area contributed by atoms with E-state index >= 15 is 0 Å². The van der Waals surface area contributed by atoms with E-state index in [0.29, 0.717) is 6.54 Å². The number of benzene rings is 1. The third kappa shape index (κ3) is 3.28. The number of hydrogen-bond acceptors (Lipinski definition) is 3. The summed E-state index contributed by atoms with van der Waals surface area (Å²) >= 11 is 1.72. The van der Waals surface area contributed by atoms with Crippen LogP contribution in [0.4, 0.5) is 0 Å². The molecular weight excluding hydrogens is 242 g/mol. The molecule has 2 nitrogen and oxygen atoms in total. The predicted octanol–water partition coefficient (Wildman–Crippen LogP) is 3.37. The molecule has 1 heterocycles. The topological polar surface area (TPSA) is 20.3 Å². The monoisotopic (exact) mass is 259 g/mol. The van der Waals surface area contributed by atoms with Gasteiger partial charge < -0.3 is 0 Å². The largest absolute Gasteiger partial charge is 0.294 e. The van der Waals surface area contributed by atoms with Gasteiger partial charge in [-0.3, -0.25) is 9.69 Å². The number of Topliss-reactive ketones (excluding diaryl/α,β-unsaturated/α-hetero) is 1. The van der Waals surface area contributed by atoms with E-state index in [1.807, 2.05) is 44.3 Å². The molecule has 0 bridgehead atoms. The molecule has 1 aromatic carbocycles. The number of aryl methyl sites for hydroxylation is 1. The van der Waals surface area contributed by atoms with Crippen molar-refractivity contribution in [2.24, 2.45) is 0 Å². The molecule has 0 radical (unpaired) electrons. The molecule has 0 aliphatic heterocycles. The average Bonchev–Trinajstić information content (AvgIpc) is 2.82. The lowest BCUT2D eigenvalue weighted by atomic mass is 10.0. The first-order chi connectivity index (χ1) is 8.66. The molecule has 0 aliphatic rings. The minimum Gasteiger partial charge on any atom is -0.294 e. The number of thiophene rings is 1. The summed E-state index contributed by atoms with van der Waals surface area (Å²) in [6.45, 7) is 3.27. The van der Waals surface area contributed by atoms with Crippen molar-refractivity contribution in [3.8, 4) is 0 Å². The highest BCUT2D eigenvalue weighted by Gasteiger charge is 2.11. The number of hydrogen-bond donors (Lipinski definition) is 0. The highest BCUT2D eigenvalue weighted by Crippen LogP contribution is 2.12. The van der Waals surface area contributed by atoms with Gasteiger partial charge in [0.05, 0.1) is 6.54 Å². The van der Waals surface area contributed by atoms with Crippen LogP contribution >= 0.6 is 11.3 Å². The molecule has 3 heteroatoms. The second-order valence-corrected chi connectivity index (χ2v) is 5.52. The Labute approximate surface area is 112 Å². The predicted molar refractivity (Wildman–Crippen MR) is 76.2 cm³/mol. The average molecular weight is 259 g/mol. The van der Waals surface area contributed by atoms with Crippen molar-refractivity contribution in [2.45, 2.75) is 13.5 Å². The third-order valence-electron chi connectivity index (χ3n) is 2.86. The van der Waals surface area contributed by atoms with Crippen LogP contribution in [0, 0.1) is 6.92 Å². The lowest BCUT2D eigenvalue weighted by Crippen LogP contribution is -2.25. The Balaban J connectivity index is 1.97. The Kier molecular flexibility index (Phi) is 4.28. The minimum atomic E-state index is 0.187. The van der Waals surface area contributed by atoms with E-state index in [1.165, 1.54) is 4.88 Å². The molecule has 0 aliphatic carbocycles. The molecule has 94 valence electrons. The molecule has 0 fully saturated rings. The van der Waals surface area contributed by atoms with E-state index in [4.69, 9.17) is 0 Å². The number of rotatable bonds is 5. The molecule has 18 heavy (non-hydrogen) atoms. The summed E-state index contributed by atoms with van der Waals surface area (Å²) in [6, 6.07) is 11.9. The zero-order chi connectivity index (χ0) is 13.0. The van der Waals surface area contributed by atoms with E-state index in [0.717, 1.165) is 17.7 Å². The Morgan fingerprint density at radius 3 is 2.67 bits per heavy atom. The van der Waals surface area contributed by atoms with Gasteiger partial charge in [0.25, 0.3) is 0 Å². The maximum Gasteiger partial charge on any atom is 0.177 e. The van der Waals surface area contributed by atoms with E-state index in [1.54, 1.807) is 11.3 Å². The van der Waals surface area contributed by atoms with Crippen LogP contribution in [-0.2, 0) is 6.54 Å². The molecule has 0 saturated carbocycles. The lowest BCUT2D eigenvalue weighted by Gasteiger charge is -2.15. The molecule has 0 spiro atoms. The van der Waals surface area contributed by atoms with Gasteiger partial charge in [0.2, 0.25) is 0 Å². The first-order valence-electron chi connectivity index (χ1n) is 5.96. The van der Waals surface area contributed by atoms with E-state index < -0.39 is 0 Å². The summed E-state index contributed by atoms with van der Waals surface area (Å²) in [7, 11) is 1.98. The number of likely N-dealkylation sites (N-methyl/N-ethyl adjacent to an activating group) is 1. The lowest BCUT2D eigenvalue weighted by molar-refractivity contribution is 0.0943. The minimum absolute atomic E-state index is 0.187. The first kappa shape index (κ1) is 13.0. The quantitative estimate of drug-likeness (QED) is 0.767. The van der Waals surface area contributed by atoms with Crippen LogP contribution in [0.2, 0.25) is 0 Å². The Hall–Kier alpha value is -1.45. The van der Waals surface area contributed by atoms with E-state index in [2.05, 4.69) is 16.3 Å². The van der Waals surface area contributed by atoms with Gasteiger partial charge in [0.15, 0.2) is 5.78 Å². The summed E-state index contributed by atoms with van der Waals surface area (Å²) in [6.07, 6.45) is 0. The fraction of sp³-hybridized carbons (Fsp3) is 0.267. The van der Waals surface area contributed by atoms with Crippen molar-refractivity contribution >= 4 is 17.1 Å². The zero-order valence-corrected chi connectivity index (χ0v) is 11.5. The van der Waals surface area contributed by atoms with Crippen LogP contribution in [0.25, 0.3) is 0 Å². The summed E-state index contributed by atoms with van der Waals surface area (Å²) in [4.78, 5) is 15.5. The normalized spacial score (nSPS) is 10.8. The molecular formula is C15H17NOS. The standard InChI is InChI=1S/C15H17NOS/c1-12-6-3-4-8-14(12)15(17)11-16(2)10-13-7-5-9-18-13/h3-9H,10-11H2,1-2H3. The SMILES string of the molecule is Cc1ccccc1C(=O)CN(C)Cc1cccs1. The maximum absolute atomic E-state index is 12.2. The van der Waals surface area contributed by atoms with Gasteiger partial charge in [-0.15, -0.1) is 11.3 Å². The zero-order valence-electron chi connectivity index (χ0n) is 10.7. The maximum atomic E-state index is 12.2. The van der Waals surface area contributed by atoms with Crippen LogP contribution in [-0.4, -0.2) is 24.3 Å².